The van der Waals surface area contributed by atoms with Gasteiger partial charge in [-0.15, -0.1) is 0 Å². The first kappa shape index (κ1) is 39.0. The number of carboxylic acid groups (broad SMARTS) is 1. The largest absolute Gasteiger partial charge is 0.478 e. The third-order valence-electron chi connectivity index (χ3n) is 7.19. The van der Waals surface area contributed by atoms with E-state index in [9.17, 15) is 9.59 Å². The molecule has 0 aliphatic carbocycles. The molecule has 0 saturated carbocycles. The fourth-order valence-corrected chi connectivity index (χ4v) is 4.48. The van der Waals surface area contributed by atoms with Crippen molar-refractivity contribution in [2.24, 2.45) is 0 Å². The summed E-state index contributed by atoms with van der Waals surface area (Å²) in [6, 6.07) is 14.1. The maximum atomic E-state index is 10.9. The standard InChI is InChI=1S/C14H21ClO2Si.C14H22O3Si.Cl2OS/c2*1-14(2,3)18(4,5)17-10-11-6-8-12(9-7-11)13(15)16;1-4(2)3/h6-9H,10H2,1-5H3;6-9H,10H2,1-5H3,(H,15,16);. The van der Waals surface area contributed by atoms with Crippen LogP contribution in [0.3, 0.4) is 0 Å². The van der Waals surface area contributed by atoms with Crippen LogP contribution in [0.2, 0.25) is 36.3 Å². The number of hydrogen-bond donors (Lipinski definition) is 1. The lowest BCUT2D eigenvalue weighted by Gasteiger charge is -2.36. The number of carbonyl (C=O) groups is 2. The second-order valence-electron chi connectivity index (χ2n) is 12.3. The highest BCUT2D eigenvalue weighted by Gasteiger charge is 2.37. The minimum absolute atomic E-state index is 0.188. The number of aromatic carboxylic acids is 1. The molecule has 0 heterocycles. The van der Waals surface area contributed by atoms with E-state index in [1.165, 1.54) is 0 Å². The molecular weight excluding hydrogens is 627 g/mol. The Bertz CT molecular complexity index is 1020. The van der Waals surface area contributed by atoms with Crippen molar-refractivity contribution in [3.63, 3.8) is 0 Å². The summed E-state index contributed by atoms with van der Waals surface area (Å²) in [5, 5.41) is 8.79. The summed E-state index contributed by atoms with van der Waals surface area (Å²) in [5.74, 6) is -0.896. The van der Waals surface area contributed by atoms with E-state index >= 15 is 0 Å². The first-order valence-corrected chi connectivity index (χ1v) is 21.6. The maximum absolute atomic E-state index is 10.9. The zero-order valence-electron chi connectivity index (χ0n) is 25.1. The number of rotatable bonds is 8. The fourth-order valence-electron chi connectivity index (χ4n) is 2.44. The predicted octanol–water partition coefficient (Wildman–Crippen LogP) is 9.54. The maximum Gasteiger partial charge on any atom is 0.335 e. The molecule has 2 rings (SSSR count). The molecule has 226 valence electrons. The molecule has 40 heavy (non-hydrogen) atoms. The van der Waals surface area contributed by atoms with Crippen molar-refractivity contribution >= 4 is 70.0 Å². The van der Waals surface area contributed by atoms with Gasteiger partial charge in [-0.3, -0.25) is 4.79 Å². The third-order valence-corrected chi connectivity index (χ3v) is 16.4. The average Bonchev–Trinajstić information content (AvgIpc) is 2.80. The Hall–Kier alpha value is -1.05. The van der Waals surface area contributed by atoms with E-state index in [-0.39, 0.29) is 10.1 Å². The Morgan fingerprint density at radius 1 is 0.725 bits per heavy atom. The highest BCUT2D eigenvalue weighted by molar-refractivity contribution is 8.26. The molecule has 1 N–H and O–H groups in total. The molecule has 12 heteroatoms. The van der Waals surface area contributed by atoms with Crippen LogP contribution in [0.1, 0.15) is 73.4 Å². The van der Waals surface area contributed by atoms with E-state index in [4.69, 9.17) is 29.8 Å². The number of halogens is 3. The Balaban J connectivity index is 0.000000671. The van der Waals surface area contributed by atoms with Gasteiger partial charge in [-0.05, 0) is 83.3 Å². The van der Waals surface area contributed by atoms with Gasteiger partial charge in [0.25, 0.3) is 5.24 Å². The van der Waals surface area contributed by atoms with Gasteiger partial charge < -0.3 is 14.0 Å². The van der Waals surface area contributed by atoms with Crippen LogP contribution in [0.25, 0.3) is 0 Å². The lowest BCUT2D eigenvalue weighted by molar-refractivity contribution is 0.0696. The number of hydrogen-bond acceptors (Lipinski definition) is 5. The van der Waals surface area contributed by atoms with Crippen molar-refractivity contribution in [2.75, 3.05) is 0 Å². The summed E-state index contributed by atoms with van der Waals surface area (Å²) < 4.78 is 21.3. The van der Waals surface area contributed by atoms with Crippen LogP contribution >= 0.6 is 33.0 Å². The minimum Gasteiger partial charge on any atom is -0.478 e. The van der Waals surface area contributed by atoms with E-state index in [1.54, 1.807) is 24.3 Å². The van der Waals surface area contributed by atoms with Crippen molar-refractivity contribution < 1.29 is 27.8 Å². The monoisotopic (exact) mass is 668 g/mol. The molecule has 0 saturated heterocycles. The molecule has 0 radical (unpaired) electrons. The van der Waals surface area contributed by atoms with E-state index in [0.717, 1.165) is 11.1 Å². The van der Waals surface area contributed by atoms with E-state index in [0.29, 0.717) is 24.3 Å². The van der Waals surface area contributed by atoms with Crippen LogP contribution in [0.5, 0.6) is 0 Å². The average molecular weight is 670 g/mol. The number of carboxylic acids is 1. The third kappa shape index (κ3) is 14.7. The van der Waals surface area contributed by atoms with E-state index in [2.05, 4.69) is 89.1 Å². The molecule has 0 unspecified atom stereocenters. The number of carbonyl (C=O) groups excluding carboxylic acids is 1. The molecule has 0 bridgehead atoms. The first-order valence-electron chi connectivity index (χ1n) is 12.6. The van der Waals surface area contributed by atoms with Crippen LogP contribution in [0.15, 0.2) is 48.5 Å². The van der Waals surface area contributed by atoms with Crippen LogP contribution < -0.4 is 0 Å². The molecule has 0 aliphatic rings. The molecule has 2 aromatic carbocycles. The zero-order valence-corrected chi connectivity index (χ0v) is 30.1. The molecule has 0 spiro atoms. The molecule has 0 atom stereocenters. The molecule has 0 aromatic heterocycles. The lowest BCUT2D eigenvalue weighted by Crippen LogP contribution is -2.40. The van der Waals surface area contributed by atoms with Gasteiger partial charge in [0.2, 0.25) is 9.23 Å². The van der Waals surface area contributed by atoms with Crippen molar-refractivity contribution in [2.45, 2.75) is 91.0 Å². The number of benzene rings is 2. The SMILES string of the molecule is CC(C)(C)[Si](C)(C)OCc1ccc(C(=O)Cl)cc1.CC(C)(C)[Si](C)(C)OCc1ccc(C(=O)O)cc1.O=S(Cl)Cl. The first-order chi connectivity index (χ1) is 18.0. The van der Waals surface area contributed by atoms with Gasteiger partial charge in [0.1, 0.15) is 0 Å². The minimum atomic E-state index is -1.74. The molecule has 2 aromatic rings. The zero-order chi connectivity index (χ0) is 31.5. The Morgan fingerprint density at radius 2 is 1.00 bits per heavy atom. The molecule has 6 nitrogen and oxygen atoms in total. The Labute approximate surface area is 258 Å². The fraction of sp³-hybridized carbons (Fsp3) is 0.500. The van der Waals surface area contributed by atoms with Crippen LogP contribution in [-0.4, -0.2) is 37.2 Å². The normalized spacial score (nSPS) is 12.2. The van der Waals surface area contributed by atoms with Gasteiger partial charge in [-0.25, -0.2) is 9.00 Å². The van der Waals surface area contributed by atoms with Crippen molar-refractivity contribution in [3.05, 3.63) is 70.8 Å². The van der Waals surface area contributed by atoms with Gasteiger partial charge in [0.15, 0.2) is 16.6 Å². The van der Waals surface area contributed by atoms with Gasteiger partial charge in [-0.2, -0.15) is 0 Å². The predicted molar refractivity (Wildman–Crippen MR) is 174 cm³/mol. The van der Waals surface area contributed by atoms with Crippen LogP contribution in [0, 0.1) is 0 Å². The van der Waals surface area contributed by atoms with Crippen LogP contribution in [-0.2, 0) is 31.3 Å². The highest BCUT2D eigenvalue weighted by Crippen LogP contribution is 2.38. The second kappa shape index (κ2) is 16.6. The van der Waals surface area contributed by atoms with Crippen molar-refractivity contribution in [3.8, 4) is 0 Å². The lowest BCUT2D eigenvalue weighted by atomic mass is 10.1. The Kier molecular flexibility index (Phi) is 16.1. The van der Waals surface area contributed by atoms with Crippen molar-refractivity contribution in [1.82, 2.24) is 0 Å². The molecule has 0 fully saturated rings. The van der Waals surface area contributed by atoms with Gasteiger partial charge in [-0.1, -0.05) is 65.8 Å². The summed E-state index contributed by atoms with van der Waals surface area (Å²) in [6.07, 6.45) is 0. The van der Waals surface area contributed by atoms with Gasteiger partial charge in [0, 0.05) is 26.9 Å². The second-order valence-corrected chi connectivity index (χ2v) is 24.7. The summed E-state index contributed by atoms with van der Waals surface area (Å²) in [6.45, 7) is 23.3. The van der Waals surface area contributed by atoms with E-state index < -0.39 is 37.1 Å². The van der Waals surface area contributed by atoms with Crippen molar-refractivity contribution in [1.29, 1.82) is 0 Å². The molecule has 0 aliphatic heterocycles. The van der Waals surface area contributed by atoms with Gasteiger partial charge >= 0.3 is 5.97 Å². The quantitative estimate of drug-likeness (QED) is 0.222. The summed E-state index contributed by atoms with van der Waals surface area (Å²) in [5.41, 5.74) is 2.92. The summed E-state index contributed by atoms with van der Waals surface area (Å²) >= 11 is 5.40. The molecular formula is C28H43Cl3O6SSi2. The highest BCUT2D eigenvalue weighted by atomic mass is 36.0. The topological polar surface area (TPSA) is 89.9 Å². The van der Waals surface area contributed by atoms with Gasteiger partial charge in [0.05, 0.1) is 18.8 Å². The van der Waals surface area contributed by atoms with Crippen LogP contribution in [0.4, 0.5) is 0 Å². The molecule has 0 amide bonds. The van der Waals surface area contributed by atoms with E-state index in [1.807, 2.05) is 24.3 Å². The summed E-state index contributed by atoms with van der Waals surface area (Å²) in [4.78, 5) is 21.7. The summed E-state index contributed by atoms with van der Waals surface area (Å²) in [7, 11) is 3.90. The Morgan fingerprint density at radius 3 is 1.23 bits per heavy atom. The smallest absolute Gasteiger partial charge is 0.335 e.